The summed E-state index contributed by atoms with van der Waals surface area (Å²) in [6, 6.07) is 5.97. The molecular weight excluding hydrogens is 336 g/mol. The van der Waals surface area contributed by atoms with Gasteiger partial charge in [-0.3, -0.25) is 4.98 Å². The summed E-state index contributed by atoms with van der Waals surface area (Å²) >= 11 is 5.17. The molecule has 0 spiro atoms. The average Bonchev–Trinajstić information content (AvgIpc) is 2.83. The van der Waals surface area contributed by atoms with Crippen LogP contribution in [0.2, 0.25) is 0 Å². The molecule has 0 atom stereocenters. The Bertz CT molecular complexity index is 764. The topological polar surface area (TPSA) is 63.8 Å². The molecular formula is C14H13BrN4S. The zero-order valence-corrected chi connectivity index (χ0v) is 13.3. The van der Waals surface area contributed by atoms with Gasteiger partial charge in [-0.25, -0.2) is 4.98 Å². The zero-order chi connectivity index (χ0) is 14.1. The van der Waals surface area contributed by atoms with Crippen molar-refractivity contribution >= 4 is 49.5 Å². The van der Waals surface area contributed by atoms with Gasteiger partial charge in [0.1, 0.15) is 0 Å². The third-order valence-electron chi connectivity index (χ3n) is 2.97. The highest BCUT2D eigenvalue weighted by Crippen LogP contribution is 2.30. The summed E-state index contributed by atoms with van der Waals surface area (Å²) in [7, 11) is 0. The molecule has 0 saturated heterocycles. The minimum absolute atomic E-state index is 0.650. The van der Waals surface area contributed by atoms with E-state index in [0.717, 1.165) is 26.1 Å². The van der Waals surface area contributed by atoms with Crippen molar-refractivity contribution in [2.24, 2.45) is 0 Å². The molecule has 0 saturated carbocycles. The van der Waals surface area contributed by atoms with Crippen LogP contribution in [0.1, 0.15) is 9.88 Å². The molecule has 3 rings (SSSR count). The molecule has 2 aromatic heterocycles. The molecule has 20 heavy (non-hydrogen) atoms. The standard InChI is InChI=1S/C14H13BrN4S/c1-8-17-5-10(20-8)6-19-14-11-4-9(15)2-3-13(11)18-7-12(14)16/h2-5,7H,6,16H2,1H3,(H,18,19). The Labute approximate surface area is 129 Å². The number of aromatic nitrogens is 2. The van der Waals surface area contributed by atoms with Crippen molar-refractivity contribution in [1.82, 2.24) is 9.97 Å². The highest BCUT2D eigenvalue weighted by Gasteiger charge is 2.08. The minimum Gasteiger partial charge on any atom is -0.396 e. The van der Waals surface area contributed by atoms with Crippen molar-refractivity contribution in [1.29, 1.82) is 0 Å². The Kier molecular flexibility index (Phi) is 3.58. The van der Waals surface area contributed by atoms with E-state index in [1.54, 1.807) is 17.5 Å². The largest absolute Gasteiger partial charge is 0.396 e. The van der Waals surface area contributed by atoms with Gasteiger partial charge in [-0.1, -0.05) is 15.9 Å². The van der Waals surface area contributed by atoms with Crippen molar-refractivity contribution in [3.63, 3.8) is 0 Å². The smallest absolute Gasteiger partial charge is 0.0897 e. The Morgan fingerprint density at radius 3 is 2.90 bits per heavy atom. The van der Waals surface area contributed by atoms with Crippen LogP contribution in [0.5, 0.6) is 0 Å². The number of nitrogens with zero attached hydrogens (tertiary/aromatic N) is 2. The summed E-state index contributed by atoms with van der Waals surface area (Å²) in [6.45, 7) is 2.71. The lowest BCUT2D eigenvalue weighted by molar-refractivity contribution is 1.17. The first-order valence-corrected chi connectivity index (χ1v) is 7.73. The summed E-state index contributed by atoms with van der Waals surface area (Å²) < 4.78 is 1.01. The SMILES string of the molecule is Cc1ncc(CNc2c(N)cnc3ccc(Br)cc23)s1. The van der Waals surface area contributed by atoms with Gasteiger partial charge in [-0.05, 0) is 25.1 Å². The van der Waals surface area contributed by atoms with E-state index in [0.29, 0.717) is 12.2 Å². The van der Waals surface area contributed by atoms with Crippen LogP contribution >= 0.6 is 27.3 Å². The van der Waals surface area contributed by atoms with E-state index in [-0.39, 0.29) is 0 Å². The monoisotopic (exact) mass is 348 g/mol. The first-order chi connectivity index (χ1) is 9.63. The van der Waals surface area contributed by atoms with E-state index in [1.807, 2.05) is 31.3 Å². The van der Waals surface area contributed by atoms with Crippen molar-refractivity contribution in [2.75, 3.05) is 11.1 Å². The fourth-order valence-corrected chi connectivity index (χ4v) is 3.14. The van der Waals surface area contributed by atoms with Gasteiger partial charge in [-0.2, -0.15) is 0 Å². The fraction of sp³-hybridized carbons (Fsp3) is 0.143. The molecule has 0 fully saturated rings. The second-order valence-electron chi connectivity index (χ2n) is 4.45. The highest BCUT2D eigenvalue weighted by atomic mass is 79.9. The molecule has 3 N–H and O–H groups in total. The number of nitrogens with two attached hydrogens (primary N) is 1. The van der Waals surface area contributed by atoms with Crippen LogP contribution in [-0.4, -0.2) is 9.97 Å². The molecule has 3 aromatic rings. The molecule has 6 heteroatoms. The normalized spacial score (nSPS) is 10.9. The molecule has 0 unspecified atom stereocenters. The zero-order valence-electron chi connectivity index (χ0n) is 10.9. The number of hydrogen-bond donors (Lipinski definition) is 2. The van der Waals surface area contributed by atoms with Crippen molar-refractivity contribution in [3.8, 4) is 0 Å². The van der Waals surface area contributed by atoms with Crippen LogP contribution in [0.15, 0.2) is 35.1 Å². The Morgan fingerprint density at radius 2 is 2.15 bits per heavy atom. The van der Waals surface area contributed by atoms with E-state index < -0.39 is 0 Å². The van der Waals surface area contributed by atoms with E-state index in [2.05, 4.69) is 31.2 Å². The summed E-state index contributed by atoms with van der Waals surface area (Å²) in [5.74, 6) is 0. The Hall–Kier alpha value is -1.66. The molecule has 1 aromatic carbocycles. The molecule has 0 radical (unpaired) electrons. The maximum Gasteiger partial charge on any atom is 0.0897 e. The lowest BCUT2D eigenvalue weighted by Crippen LogP contribution is -2.03. The second-order valence-corrected chi connectivity index (χ2v) is 6.68. The summed E-state index contributed by atoms with van der Waals surface area (Å²) in [5.41, 5.74) is 8.54. The number of aryl methyl sites for hydroxylation is 1. The number of thiazole rings is 1. The quantitative estimate of drug-likeness (QED) is 0.751. The summed E-state index contributed by atoms with van der Waals surface area (Å²) in [4.78, 5) is 9.78. The van der Waals surface area contributed by atoms with Crippen molar-refractivity contribution < 1.29 is 0 Å². The van der Waals surface area contributed by atoms with E-state index in [9.17, 15) is 0 Å². The number of nitrogen functional groups attached to an aromatic ring is 1. The summed E-state index contributed by atoms with van der Waals surface area (Å²) in [5, 5.41) is 5.48. The van der Waals surface area contributed by atoms with E-state index in [4.69, 9.17) is 5.73 Å². The molecule has 4 nitrogen and oxygen atoms in total. The first kappa shape index (κ1) is 13.3. The average molecular weight is 349 g/mol. The Morgan fingerprint density at radius 1 is 1.30 bits per heavy atom. The number of halogens is 1. The van der Waals surface area contributed by atoms with Crippen LogP contribution in [0.4, 0.5) is 11.4 Å². The van der Waals surface area contributed by atoms with Gasteiger partial charge in [0.2, 0.25) is 0 Å². The maximum atomic E-state index is 6.05. The lowest BCUT2D eigenvalue weighted by Gasteiger charge is -2.11. The fourth-order valence-electron chi connectivity index (χ4n) is 2.04. The molecule has 0 amide bonds. The van der Waals surface area contributed by atoms with Gasteiger partial charge >= 0.3 is 0 Å². The maximum absolute atomic E-state index is 6.05. The van der Waals surface area contributed by atoms with Crippen LogP contribution in [-0.2, 0) is 6.54 Å². The van der Waals surface area contributed by atoms with Gasteiger partial charge in [0, 0.05) is 20.9 Å². The molecule has 0 bridgehead atoms. The minimum atomic E-state index is 0.650. The summed E-state index contributed by atoms with van der Waals surface area (Å²) in [6.07, 6.45) is 3.58. The van der Waals surface area contributed by atoms with Crippen LogP contribution < -0.4 is 11.1 Å². The number of hydrogen-bond acceptors (Lipinski definition) is 5. The van der Waals surface area contributed by atoms with Crippen LogP contribution in [0.3, 0.4) is 0 Å². The second kappa shape index (κ2) is 5.38. The number of fused-ring (bicyclic) bond motifs is 1. The third kappa shape index (κ3) is 2.62. The Balaban J connectivity index is 1.97. The number of pyridine rings is 1. The highest BCUT2D eigenvalue weighted by molar-refractivity contribution is 9.10. The van der Waals surface area contributed by atoms with Crippen molar-refractivity contribution in [2.45, 2.75) is 13.5 Å². The van der Waals surface area contributed by atoms with Crippen LogP contribution in [0.25, 0.3) is 10.9 Å². The van der Waals surface area contributed by atoms with E-state index in [1.165, 1.54) is 4.88 Å². The predicted octanol–water partition coefficient (Wildman–Crippen LogP) is 3.96. The van der Waals surface area contributed by atoms with Gasteiger partial charge in [-0.15, -0.1) is 11.3 Å². The van der Waals surface area contributed by atoms with Gasteiger partial charge in [0.05, 0.1) is 34.6 Å². The molecule has 0 aliphatic carbocycles. The number of benzene rings is 1. The van der Waals surface area contributed by atoms with Crippen LogP contribution in [0, 0.1) is 6.92 Å². The number of rotatable bonds is 3. The molecule has 102 valence electrons. The van der Waals surface area contributed by atoms with Gasteiger partial charge in [0.15, 0.2) is 0 Å². The molecule has 2 heterocycles. The third-order valence-corrected chi connectivity index (χ3v) is 4.37. The van der Waals surface area contributed by atoms with Gasteiger partial charge < -0.3 is 11.1 Å². The predicted molar refractivity (Wildman–Crippen MR) is 88.0 cm³/mol. The van der Waals surface area contributed by atoms with E-state index >= 15 is 0 Å². The first-order valence-electron chi connectivity index (χ1n) is 6.12. The van der Waals surface area contributed by atoms with Gasteiger partial charge in [0.25, 0.3) is 0 Å². The number of nitrogens with one attached hydrogen (secondary N) is 1. The molecule has 0 aliphatic heterocycles. The molecule has 0 aliphatic rings. The number of anilines is 2. The van der Waals surface area contributed by atoms with Crippen molar-refractivity contribution in [3.05, 3.63) is 45.0 Å². The lowest BCUT2D eigenvalue weighted by atomic mass is 10.1.